The third-order valence-corrected chi connectivity index (χ3v) is 5.64. The molecule has 150 valence electrons. The summed E-state index contributed by atoms with van der Waals surface area (Å²) >= 11 is 0. The highest BCUT2D eigenvalue weighted by molar-refractivity contribution is 7.92. The van der Waals surface area contributed by atoms with Crippen LogP contribution < -0.4 is 10.0 Å². The first-order valence-electron chi connectivity index (χ1n) is 8.62. The van der Waals surface area contributed by atoms with E-state index in [2.05, 4.69) is 10.0 Å². The molecule has 1 amide bonds. The standard InChI is InChI=1S/C21H18F2N2O3S/c1-13-3-8-17(9-4-13)29(27,28)25-20-11-15(6-5-14(20)2)21(26)24-19-10-7-16(22)12-18(19)23/h3-12,25H,1-2H3,(H,24,26). The van der Waals surface area contributed by atoms with E-state index in [-0.39, 0.29) is 21.8 Å². The molecule has 0 heterocycles. The number of anilines is 2. The Bertz CT molecular complexity index is 1180. The summed E-state index contributed by atoms with van der Waals surface area (Å²) in [5, 5.41) is 2.34. The lowest BCUT2D eigenvalue weighted by Gasteiger charge is -2.13. The largest absolute Gasteiger partial charge is 0.319 e. The molecular weight excluding hydrogens is 398 g/mol. The Morgan fingerprint density at radius 3 is 2.21 bits per heavy atom. The first kappa shape index (κ1) is 20.5. The third-order valence-electron chi connectivity index (χ3n) is 4.25. The Morgan fingerprint density at radius 1 is 0.862 bits per heavy atom. The Hall–Kier alpha value is -3.26. The van der Waals surface area contributed by atoms with E-state index in [1.165, 1.54) is 24.3 Å². The maximum absolute atomic E-state index is 13.8. The molecule has 0 radical (unpaired) electrons. The van der Waals surface area contributed by atoms with Crippen LogP contribution in [0.15, 0.2) is 65.6 Å². The molecule has 0 bridgehead atoms. The zero-order chi connectivity index (χ0) is 21.2. The Morgan fingerprint density at radius 2 is 1.55 bits per heavy atom. The average molecular weight is 416 g/mol. The van der Waals surface area contributed by atoms with Crippen LogP contribution in [0.2, 0.25) is 0 Å². The van der Waals surface area contributed by atoms with Gasteiger partial charge in [0.2, 0.25) is 0 Å². The summed E-state index contributed by atoms with van der Waals surface area (Å²) in [6, 6.07) is 13.5. The van der Waals surface area contributed by atoms with Gasteiger partial charge in [0.15, 0.2) is 0 Å². The number of aryl methyl sites for hydroxylation is 2. The zero-order valence-corrected chi connectivity index (χ0v) is 16.5. The SMILES string of the molecule is Cc1ccc(S(=O)(=O)Nc2cc(C(=O)Nc3ccc(F)cc3F)ccc2C)cc1. The van der Waals surface area contributed by atoms with E-state index in [0.29, 0.717) is 11.6 Å². The van der Waals surface area contributed by atoms with Gasteiger partial charge in [0.25, 0.3) is 15.9 Å². The van der Waals surface area contributed by atoms with Gasteiger partial charge in [-0.05, 0) is 55.8 Å². The number of carbonyl (C=O) groups excluding carboxylic acids is 1. The van der Waals surface area contributed by atoms with Gasteiger partial charge >= 0.3 is 0 Å². The van der Waals surface area contributed by atoms with Gasteiger partial charge in [0.05, 0.1) is 16.3 Å². The summed E-state index contributed by atoms with van der Waals surface area (Å²) in [6.07, 6.45) is 0. The fraction of sp³-hybridized carbons (Fsp3) is 0.0952. The van der Waals surface area contributed by atoms with E-state index >= 15 is 0 Å². The van der Waals surface area contributed by atoms with Crippen molar-refractivity contribution in [2.75, 3.05) is 10.0 Å². The predicted molar refractivity (Wildman–Crippen MR) is 107 cm³/mol. The first-order chi connectivity index (χ1) is 13.7. The fourth-order valence-corrected chi connectivity index (χ4v) is 3.70. The lowest BCUT2D eigenvalue weighted by atomic mass is 10.1. The van der Waals surface area contributed by atoms with Crippen LogP contribution in [0.4, 0.5) is 20.2 Å². The molecule has 5 nitrogen and oxygen atoms in total. The summed E-state index contributed by atoms with van der Waals surface area (Å²) < 4.78 is 54.5. The third kappa shape index (κ3) is 4.78. The molecule has 0 saturated heterocycles. The summed E-state index contributed by atoms with van der Waals surface area (Å²) in [4.78, 5) is 12.5. The Kier molecular flexibility index (Phi) is 5.65. The molecule has 3 aromatic rings. The monoisotopic (exact) mass is 416 g/mol. The Labute approximate surface area is 167 Å². The lowest BCUT2D eigenvalue weighted by Crippen LogP contribution is -2.16. The van der Waals surface area contributed by atoms with E-state index in [9.17, 15) is 22.0 Å². The molecule has 2 N–H and O–H groups in total. The van der Waals surface area contributed by atoms with Crippen LogP contribution in [-0.4, -0.2) is 14.3 Å². The van der Waals surface area contributed by atoms with Gasteiger partial charge in [-0.15, -0.1) is 0 Å². The number of sulfonamides is 1. The van der Waals surface area contributed by atoms with Gasteiger partial charge in [-0.3, -0.25) is 9.52 Å². The summed E-state index contributed by atoms with van der Waals surface area (Å²) in [5.74, 6) is -2.33. The molecule has 0 aliphatic heterocycles. The first-order valence-corrected chi connectivity index (χ1v) is 10.1. The maximum Gasteiger partial charge on any atom is 0.261 e. The van der Waals surface area contributed by atoms with Crippen LogP contribution in [0.1, 0.15) is 21.5 Å². The number of nitrogens with one attached hydrogen (secondary N) is 2. The molecule has 8 heteroatoms. The molecule has 3 rings (SSSR count). The number of halogens is 2. The van der Waals surface area contributed by atoms with Crippen molar-refractivity contribution in [1.29, 1.82) is 0 Å². The van der Waals surface area contributed by atoms with Crippen LogP contribution in [0, 0.1) is 25.5 Å². The van der Waals surface area contributed by atoms with Gasteiger partial charge in [0, 0.05) is 11.6 Å². The van der Waals surface area contributed by atoms with Crippen LogP contribution >= 0.6 is 0 Å². The highest BCUT2D eigenvalue weighted by atomic mass is 32.2. The summed E-state index contributed by atoms with van der Waals surface area (Å²) in [6.45, 7) is 3.54. The van der Waals surface area contributed by atoms with E-state index in [1.54, 1.807) is 25.1 Å². The molecule has 0 spiro atoms. The quantitative estimate of drug-likeness (QED) is 0.637. The number of rotatable bonds is 5. The number of benzene rings is 3. The highest BCUT2D eigenvalue weighted by Crippen LogP contribution is 2.23. The molecule has 3 aromatic carbocycles. The van der Waals surface area contributed by atoms with Gasteiger partial charge < -0.3 is 5.32 Å². The second kappa shape index (κ2) is 8.00. The van der Waals surface area contributed by atoms with Crippen molar-refractivity contribution in [3.8, 4) is 0 Å². The van der Waals surface area contributed by atoms with E-state index in [1.807, 2.05) is 6.92 Å². The average Bonchev–Trinajstić information content (AvgIpc) is 2.66. The van der Waals surface area contributed by atoms with E-state index in [0.717, 1.165) is 17.7 Å². The number of hydrogen-bond acceptors (Lipinski definition) is 3. The zero-order valence-electron chi connectivity index (χ0n) is 15.7. The molecule has 0 fully saturated rings. The molecule has 0 saturated carbocycles. The fourth-order valence-electron chi connectivity index (χ4n) is 2.58. The predicted octanol–water partition coefficient (Wildman–Crippen LogP) is 4.63. The number of carbonyl (C=O) groups is 1. The lowest BCUT2D eigenvalue weighted by molar-refractivity contribution is 0.102. The van der Waals surface area contributed by atoms with Crippen molar-refractivity contribution < 1.29 is 22.0 Å². The number of amides is 1. The topological polar surface area (TPSA) is 75.3 Å². The van der Waals surface area contributed by atoms with Crippen LogP contribution in [0.5, 0.6) is 0 Å². The minimum absolute atomic E-state index is 0.0886. The minimum atomic E-state index is -3.85. The second-order valence-electron chi connectivity index (χ2n) is 6.53. The molecule has 0 atom stereocenters. The van der Waals surface area contributed by atoms with Gasteiger partial charge in [-0.1, -0.05) is 23.8 Å². The highest BCUT2D eigenvalue weighted by Gasteiger charge is 2.17. The van der Waals surface area contributed by atoms with Crippen molar-refractivity contribution >= 4 is 27.3 Å². The van der Waals surface area contributed by atoms with Crippen LogP contribution in [0.25, 0.3) is 0 Å². The second-order valence-corrected chi connectivity index (χ2v) is 8.21. The van der Waals surface area contributed by atoms with Crippen molar-refractivity contribution in [2.45, 2.75) is 18.7 Å². The molecular formula is C21H18F2N2O3S. The molecule has 0 unspecified atom stereocenters. The summed E-state index contributed by atoms with van der Waals surface area (Å²) in [5.41, 5.74) is 1.68. The molecule has 29 heavy (non-hydrogen) atoms. The van der Waals surface area contributed by atoms with Gasteiger partial charge in [0.1, 0.15) is 11.6 Å². The number of hydrogen-bond donors (Lipinski definition) is 2. The Balaban J connectivity index is 1.85. The summed E-state index contributed by atoms with van der Waals surface area (Å²) in [7, 11) is -3.85. The smallest absolute Gasteiger partial charge is 0.261 e. The van der Waals surface area contributed by atoms with Gasteiger partial charge in [-0.2, -0.15) is 0 Å². The normalized spacial score (nSPS) is 11.2. The van der Waals surface area contributed by atoms with Crippen LogP contribution in [0.3, 0.4) is 0 Å². The molecule has 0 aliphatic carbocycles. The van der Waals surface area contributed by atoms with E-state index < -0.39 is 27.6 Å². The van der Waals surface area contributed by atoms with E-state index in [4.69, 9.17) is 0 Å². The maximum atomic E-state index is 13.8. The van der Waals surface area contributed by atoms with Crippen LogP contribution in [-0.2, 0) is 10.0 Å². The van der Waals surface area contributed by atoms with Crippen molar-refractivity contribution in [3.05, 3.63) is 89.0 Å². The molecule has 0 aliphatic rings. The van der Waals surface area contributed by atoms with Crippen molar-refractivity contribution in [2.24, 2.45) is 0 Å². The van der Waals surface area contributed by atoms with Crippen molar-refractivity contribution in [1.82, 2.24) is 0 Å². The van der Waals surface area contributed by atoms with Crippen molar-refractivity contribution in [3.63, 3.8) is 0 Å². The van der Waals surface area contributed by atoms with Gasteiger partial charge in [-0.25, -0.2) is 17.2 Å². The minimum Gasteiger partial charge on any atom is -0.319 e. The molecule has 0 aromatic heterocycles.